The number of nitrogens with one attached hydrogen (secondary N) is 2. The summed E-state index contributed by atoms with van der Waals surface area (Å²) in [6, 6.07) is 11.6. The fourth-order valence-corrected chi connectivity index (χ4v) is 3.95. The first-order valence-electron chi connectivity index (χ1n) is 11.3. The molecule has 2 N–H and O–H groups in total. The number of amides is 1. The largest absolute Gasteiger partial charge is 0.416 e. The lowest BCUT2D eigenvalue weighted by Gasteiger charge is -2.37. The van der Waals surface area contributed by atoms with Crippen LogP contribution in [0.1, 0.15) is 28.3 Å². The Kier molecular flexibility index (Phi) is 7.68. The third-order valence-electron chi connectivity index (χ3n) is 5.92. The van der Waals surface area contributed by atoms with E-state index in [-0.39, 0.29) is 30.6 Å². The van der Waals surface area contributed by atoms with Gasteiger partial charge in [0.15, 0.2) is 11.6 Å². The van der Waals surface area contributed by atoms with E-state index in [0.717, 1.165) is 23.3 Å². The van der Waals surface area contributed by atoms with Crippen LogP contribution >= 0.6 is 0 Å². The first-order chi connectivity index (χ1) is 17.3. The van der Waals surface area contributed by atoms with Gasteiger partial charge in [-0.25, -0.2) is 9.97 Å². The highest BCUT2D eigenvalue weighted by molar-refractivity contribution is 5.78. The SMILES string of the molecule is CNC(=O)Cc1ccc(CNc2ncnc(N3CCOC[C@@H]3c3ccc(C(F)(F)F)cc3)c2F)cc1. The topological polar surface area (TPSA) is 79.4 Å². The Morgan fingerprint density at radius 1 is 1.08 bits per heavy atom. The maximum Gasteiger partial charge on any atom is 0.416 e. The number of aromatic nitrogens is 2. The molecule has 0 saturated carbocycles. The van der Waals surface area contributed by atoms with Crippen LogP contribution in [0.4, 0.5) is 29.2 Å². The molecule has 0 radical (unpaired) electrons. The normalized spacial score (nSPS) is 16.0. The molecule has 2 heterocycles. The van der Waals surface area contributed by atoms with Gasteiger partial charge in [0.05, 0.1) is 31.2 Å². The molecule has 0 spiro atoms. The molecule has 1 amide bonds. The van der Waals surface area contributed by atoms with Crippen molar-refractivity contribution in [1.82, 2.24) is 15.3 Å². The molecule has 11 heteroatoms. The van der Waals surface area contributed by atoms with Gasteiger partial charge < -0.3 is 20.3 Å². The van der Waals surface area contributed by atoms with Crippen molar-refractivity contribution in [2.24, 2.45) is 0 Å². The summed E-state index contributed by atoms with van der Waals surface area (Å²) in [5.74, 6) is -0.699. The molecule has 1 aliphatic heterocycles. The minimum absolute atomic E-state index is 0.00657. The van der Waals surface area contributed by atoms with E-state index >= 15 is 4.39 Å². The van der Waals surface area contributed by atoms with Crippen LogP contribution in [0.3, 0.4) is 0 Å². The van der Waals surface area contributed by atoms with Gasteiger partial charge in [-0.3, -0.25) is 4.79 Å². The number of morpholine rings is 1. The molecule has 0 unspecified atom stereocenters. The van der Waals surface area contributed by atoms with E-state index < -0.39 is 23.6 Å². The van der Waals surface area contributed by atoms with Crippen LogP contribution in [0.2, 0.25) is 0 Å². The predicted octanol–water partition coefficient (Wildman–Crippen LogP) is 4.11. The van der Waals surface area contributed by atoms with Crippen LogP contribution in [-0.4, -0.2) is 42.7 Å². The lowest BCUT2D eigenvalue weighted by atomic mass is 10.0. The van der Waals surface area contributed by atoms with Gasteiger partial charge in [0.1, 0.15) is 6.33 Å². The highest BCUT2D eigenvalue weighted by Crippen LogP contribution is 2.34. The van der Waals surface area contributed by atoms with Gasteiger partial charge in [-0.15, -0.1) is 0 Å². The lowest BCUT2D eigenvalue weighted by Crippen LogP contribution is -2.40. The fourth-order valence-electron chi connectivity index (χ4n) is 3.95. The molecule has 1 atom stereocenters. The molecular formula is C25H25F4N5O2. The van der Waals surface area contributed by atoms with Crippen molar-refractivity contribution in [2.45, 2.75) is 25.2 Å². The zero-order valence-corrected chi connectivity index (χ0v) is 19.5. The number of nitrogens with zero attached hydrogens (tertiary/aromatic N) is 3. The number of anilines is 2. The highest BCUT2D eigenvalue weighted by Gasteiger charge is 2.32. The molecule has 1 fully saturated rings. The van der Waals surface area contributed by atoms with E-state index in [0.29, 0.717) is 25.3 Å². The molecule has 190 valence electrons. The summed E-state index contributed by atoms with van der Waals surface area (Å²) in [6.07, 6.45) is -2.93. The molecule has 1 aromatic heterocycles. The molecular weight excluding hydrogens is 478 g/mol. The summed E-state index contributed by atoms with van der Waals surface area (Å²) < 4.78 is 59.9. The standard InChI is InChI=1S/C25H25F4N5O2/c1-30-21(35)12-16-2-4-17(5-3-16)13-31-23-22(26)24(33-15-32-23)34-10-11-36-14-20(34)18-6-8-19(9-7-18)25(27,28)29/h2-9,15,20H,10-14H2,1H3,(H,30,35)(H,31,32,33)/t20-/m1/s1. The zero-order chi connectivity index (χ0) is 25.7. The number of rotatable bonds is 7. The summed E-state index contributed by atoms with van der Waals surface area (Å²) >= 11 is 0. The second kappa shape index (κ2) is 10.9. The molecule has 1 saturated heterocycles. The molecule has 4 rings (SSSR count). The van der Waals surface area contributed by atoms with E-state index in [1.807, 2.05) is 24.3 Å². The molecule has 3 aromatic rings. The molecule has 2 aromatic carbocycles. The fraction of sp³-hybridized carbons (Fsp3) is 0.320. The maximum absolute atomic E-state index is 15.5. The summed E-state index contributed by atoms with van der Waals surface area (Å²) in [4.78, 5) is 21.3. The molecule has 7 nitrogen and oxygen atoms in total. The van der Waals surface area contributed by atoms with E-state index in [4.69, 9.17) is 4.74 Å². The van der Waals surface area contributed by atoms with Crippen LogP contribution in [0.25, 0.3) is 0 Å². The Morgan fingerprint density at radius 3 is 2.44 bits per heavy atom. The quantitative estimate of drug-likeness (QED) is 0.473. The van der Waals surface area contributed by atoms with Gasteiger partial charge in [-0.2, -0.15) is 17.6 Å². The number of benzene rings is 2. The summed E-state index contributed by atoms with van der Waals surface area (Å²) in [7, 11) is 1.58. The van der Waals surface area contributed by atoms with Crippen LogP contribution < -0.4 is 15.5 Å². The number of carbonyl (C=O) groups is 1. The van der Waals surface area contributed by atoms with Crippen molar-refractivity contribution in [3.05, 3.63) is 82.9 Å². The van der Waals surface area contributed by atoms with Crippen molar-refractivity contribution in [3.63, 3.8) is 0 Å². The van der Waals surface area contributed by atoms with Gasteiger partial charge in [0, 0.05) is 20.1 Å². The average Bonchev–Trinajstić information content (AvgIpc) is 2.88. The number of ether oxygens (including phenoxy) is 1. The molecule has 1 aliphatic rings. The highest BCUT2D eigenvalue weighted by atomic mass is 19.4. The number of alkyl halides is 3. The van der Waals surface area contributed by atoms with E-state index in [1.165, 1.54) is 18.5 Å². The molecule has 0 bridgehead atoms. The summed E-state index contributed by atoms with van der Waals surface area (Å²) in [5, 5.41) is 5.54. The van der Waals surface area contributed by atoms with Gasteiger partial charge >= 0.3 is 6.18 Å². The number of carbonyl (C=O) groups excluding carboxylic acids is 1. The Bertz CT molecular complexity index is 1190. The van der Waals surface area contributed by atoms with E-state index in [1.54, 1.807) is 11.9 Å². The number of likely N-dealkylation sites (N-methyl/N-ethyl adjacent to an activating group) is 1. The average molecular weight is 504 g/mol. The third kappa shape index (κ3) is 5.91. The summed E-state index contributed by atoms with van der Waals surface area (Å²) in [6.45, 7) is 1.11. The first kappa shape index (κ1) is 25.4. The zero-order valence-electron chi connectivity index (χ0n) is 19.5. The lowest BCUT2D eigenvalue weighted by molar-refractivity contribution is -0.137. The minimum Gasteiger partial charge on any atom is -0.377 e. The Morgan fingerprint density at radius 2 is 1.78 bits per heavy atom. The van der Waals surface area contributed by atoms with Gasteiger partial charge in [-0.1, -0.05) is 36.4 Å². The van der Waals surface area contributed by atoms with E-state index in [2.05, 4.69) is 20.6 Å². The van der Waals surface area contributed by atoms with Crippen LogP contribution in [0, 0.1) is 5.82 Å². The van der Waals surface area contributed by atoms with Crippen molar-refractivity contribution in [3.8, 4) is 0 Å². The van der Waals surface area contributed by atoms with Crippen molar-refractivity contribution >= 4 is 17.5 Å². The van der Waals surface area contributed by atoms with Crippen LogP contribution in [0.5, 0.6) is 0 Å². The van der Waals surface area contributed by atoms with Crippen molar-refractivity contribution in [2.75, 3.05) is 37.0 Å². The van der Waals surface area contributed by atoms with Gasteiger partial charge in [-0.05, 0) is 28.8 Å². The Balaban J connectivity index is 1.49. The van der Waals surface area contributed by atoms with Crippen LogP contribution in [-0.2, 0) is 28.7 Å². The third-order valence-corrected chi connectivity index (χ3v) is 5.92. The first-order valence-corrected chi connectivity index (χ1v) is 11.3. The predicted molar refractivity (Wildman–Crippen MR) is 126 cm³/mol. The Labute approximate surface area is 205 Å². The van der Waals surface area contributed by atoms with Crippen LogP contribution in [0.15, 0.2) is 54.9 Å². The van der Waals surface area contributed by atoms with Crippen molar-refractivity contribution in [1.29, 1.82) is 0 Å². The van der Waals surface area contributed by atoms with Gasteiger partial charge in [0.25, 0.3) is 0 Å². The Hall–Kier alpha value is -3.73. The monoisotopic (exact) mass is 503 g/mol. The molecule has 36 heavy (non-hydrogen) atoms. The molecule has 0 aliphatic carbocycles. The smallest absolute Gasteiger partial charge is 0.377 e. The van der Waals surface area contributed by atoms with Gasteiger partial charge in [0.2, 0.25) is 11.7 Å². The maximum atomic E-state index is 15.5. The van der Waals surface area contributed by atoms with Crippen molar-refractivity contribution < 1.29 is 27.1 Å². The van der Waals surface area contributed by atoms with E-state index in [9.17, 15) is 18.0 Å². The number of halogens is 4. The second-order valence-corrected chi connectivity index (χ2v) is 8.28. The number of hydrogen-bond donors (Lipinski definition) is 2. The second-order valence-electron chi connectivity index (χ2n) is 8.28. The minimum atomic E-state index is -4.44. The number of hydrogen-bond acceptors (Lipinski definition) is 6. The summed E-state index contributed by atoms with van der Waals surface area (Å²) in [5.41, 5.74) is 1.53.